The van der Waals surface area contributed by atoms with E-state index >= 15 is 0 Å². The van der Waals surface area contributed by atoms with Gasteiger partial charge in [-0.15, -0.1) is 0 Å². The highest BCUT2D eigenvalue weighted by Crippen LogP contribution is 2.13. The van der Waals surface area contributed by atoms with Gasteiger partial charge >= 0.3 is 0 Å². The minimum absolute atomic E-state index is 0.325. The second-order valence-corrected chi connectivity index (χ2v) is 10.9. The molecule has 0 saturated heterocycles. The Labute approximate surface area is 167 Å². The highest BCUT2D eigenvalue weighted by molar-refractivity contribution is 7.91. The van der Waals surface area contributed by atoms with Crippen molar-refractivity contribution in [2.24, 2.45) is 0 Å². The quantitative estimate of drug-likeness (QED) is 0.217. The molecule has 0 aromatic carbocycles. The molecule has 0 unspecified atom stereocenters. The van der Waals surface area contributed by atoms with Crippen molar-refractivity contribution in [1.82, 2.24) is 4.72 Å². The highest BCUT2D eigenvalue weighted by Gasteiger charge is 2.14. The Balaban J connectivity index is 3.31. The zero-order chi connectivity index (χ0) is 20.4. The molecule has 0 fully saturated rings. The van der Waals surface area contributed by atoms with Crippen molar-refractivity contribution in [3.63, 3.8) is 0 Å². The minimum atomic E-state index is -4.24. The topological polar surface area (TPSA) is 101 Å². The van der Waals surface area contributed by atoms with Crippen molar-refractivity contribution in [3.05, 3.63) is 0 Å². The van der Waals surface area contributed by atoms with Crippen LogP contribution in [0.25, 0.3) is 0 Å². The lowest BCUT2D eigenvalue weighted by Gasteiger charge is -2.06. The van der Waals surface area contributed by atoms with Crippen LogP contribution in [0, 0.1) is 0 Å². The van der Waals surface area contributed by atoms with Gasteiger partial charge in [-0.1, -0.05) is 96.8 Å². The Kier molecular flexibility index (Phi) is 16.6. The standard InChI is InChI=1S/C19H41NO5S2/c1-2-3-4-5-6-7-8-9-10-11-12-13-14-15-16-17-20-26(21,22)18-19-27(23,24)25/h20H,2-19H2,1H3,(H,23,24,25). The van der Waals surface area contributed by atoms with Gasteiger partial charge in [-0.2, -0.15) is 8.42 Å². The van der Waals surface area contributed by atoms with Gasteiger partial charge in [-0.3, -0.25) is 4.55 Å². The summed E-state index contributed by atoms with van der Waals surface area (Å²) in [4.78, 5) is 0. The SMILES string of the molecule is CCCCCCCCCCCCCCCCCNS(=O)(=O)CCS(=O)(=O)O. The molecule has 6 nitrogen and oxygen atoms in total. The van der Waals surface area contributed by atoms with E-state index in [4.69, 9.17) is 4.55 Å². The summed E-state index contributed by atoms with van der Waals surface area (Å²) in [6, 6.07) is 0. The molecular formula is C19H41NO5S2. The summed E-state index contributed by atoms with van der Waals surface area (Å²) in [6.45, 7) is 2.57. The van der Waals surface area contributed by atoms with Crippen LogP contribution in [0.3, 0.4) is 0 Å². The van der Waals surface area contributed by atoms with Crippen LogP contribution in [0.5, 0.6) is 0 Å². The third kappa shape index (κ3) is 22.0. The monoisotopic (exact) mass is 427 g/mol. The zero-order valence-corrected chi connectivity index (χ0v) is 18.8. The van der Waals surface area contributed by atoms with E-state index in [0.717, 1.165) is 19.3 Å². The minimum Gasteiger partial charge on any atom is -0.286 e. The van der Waals surface area contributed by atoms with Crippen LogP contribution in [-0.2, 0) is 20.1 Å². The highest BCUT2D eigenvalue weighted by atomic mass is 32.2. The predicted octanol–water partition coefficient (Wildman–Crippen LogP) is 4.67. The largest absolute Gasteiger partial charge is 0.286 e. The first-order valence-electron chi connectivity index (χ1n) is 10.7. The van der Waals surface area contributed by atoms with E-state index in [2.05, 4.69) is 11.6 Å². The van der Waals surface area contributed by atoms with Crippen LogP contribution in [-0.4, -0.2) is 39.4 Å². The Morgan fingerprint density at radius 2 is 0.963 bits per heavy atom. The van der Waals surface area contributed by atoms with E-state index < -0.39 is 31.6 Å². The van der Waals surface area contributed by atoms with Crippen LogP contribution < -0.4 is 4.72 Å². The van der Waals surface area contributed by atoms with E-state index in [1.165, 1.54) is 77.0 Å². The number of rotatable bonds is 20. The lowest BCUT2D eigenvalue weighted by molar-refractivity contribution is 0.483. The average molecular weight is 428 g/mol. The van der Waals surface area contributed by atoms with Crippen LogP contribution in [0.2, 0.25) is 0 Å². The summed E-state index contributed by atoms with van der Waals surface area (Å²) >= 11 is 0. The molecule has 0 saturated carbocycles. The molecule has 0 aromatic heterocycles. The third-order valence-electron chi connectivity index (χ3n) is 4.71. The average Bonchev–Trinajstić information content (AvgIpc) is 2.59. The summed E-state index contributed by atoms with van der Waals surface area (Å²) in [6.07, 6.45) is 18.8. The molecule has 0 bridgehead atoms. The van der Waals surface area contributed by atoms with E-state index in [0.29, 0.717) is 6.54 Å². The molecule has 2 N–H and O–H groups in total. The van der Waals surface area contributed by atoms with Gasteiger partial charge in [-0.25, -0.2) is 13.1 Å². The molecule has 164 valence electrons. The first kappa shape index (κ1) is 26.8. The van der Waals surface area contributed by atoms with Crippen molar-refractivity contribution in [3.8, 4) is 0 Å². The second kappa shape index (κ2) is 16.7. The molecule has 0 aliphatic heterocycles. The predicted molar refractivity (Wildman–Crippen MR) is 113 cm³/mol. The molecule has 27 heavy (non-hydrogen) atoms. The van der Waals surface area contributed by atoms with Crippen molar-refractivity contribution >= 4 is 20.1 Å². The third-order valence-corrected chi connectivity index (χ3v) is 7.08. The molecule has 0 aromatic rings. The summed E-state index contributed by atoms with van der Waals surface area (Å²) in [5.74, 6) is -1.36. The van der Waals surface area contributed by atoms with Gasteiger partial charge in [0.25, 0.3) is 10.1 Å². The van der Waals surface area contributed by atoms with Gasteiger partial charge in [-0.05, 0) is 6.42 Å². The number of nitrogens with one attached hydrogen (secondary N) is 1. The number of hydrogen-bond donors (Lipinski definition) is 2. The fourth-order valence-corrected chi connectivity index (χ4v) is 5.33. The van der Waals surface area contributed by atoms with Crippen molar-refractivity contribution in [2.75, 3.05) is 18.1 Å². The van der Waals surface area contributed by atoms with Gasteiger partial charge in [0.05, 0.1) is 11.5 Å². The van der Waals surface area contributed by atoms with Crippen LogP contribution in [0.15, 0.2) is 0 Å². The Morgan fingerprint density at radius 1 is 0.593 bits per heavy atom. The zero-order valence-electron chi connectivity index (χ0n) is 17.1. The smallest absolute Gasteiger partial charge is 0.265 e. The Hall–Kier alpha value is -0.180. The number of unbranched alkanes of at least 4 members (excludes halogenated alkanes) is 14. The van der Waals surface area contributed by atoms with Gasteiger partial charge in [0.15, 0.2) is 0 Å². The lowest BCUT2D eigenvalue weighted by atomic mass is 10.0. The number of sulfonamides is 1. The second-order valence-electron chi connectivity index (χ2n) is 7.45. The van der Waals surface area contributed by atoms with Crippen LogP contribution in [0.1, 0.15) is 103 Å². The van der Waals surface area contributed by atoms with Crippen molar-refractivity contribution < 1.29 is 21.4 Å². The molecule has 0 radical (unpaired) electrons. The molecule has 0 aliphatic rings. The van der Waals surface area contributed by atoms with Crippen molar-refractivity contribution in [1.29, 1.82) is 0 Å². The molecule has 0 amide bonds. The summed E-state index contributed by atoms with van der Waals surface area (Å²) < 4.78 is 55.2. The molecule has 0 atom stereocenters. The number of hydrogen-bond acceptors (Lipinski definition) is 4. The van der Waals surface area contributed by atoms with Crippen molar-refractivity contribution in [2.45, 2.75) is 103 Å². The van der Waals surface area contributed by atoms with E-state index in [1.54, 1.807) is 0 Å². The molecule has 0 heterocycles. The maximum absolute atomic E-state index is 11.5. The normalized spacial score (nSPS) is 12.5. The first-order valence-corrected chi connectivity index (χ1v) is 14.0. The van der Waals surface area contributed by atoms with E-state index in [9.17, 15) is 16.8 Å². The maximum atomic E-state index is 11.5. The van der Waals surface area contributed by atoms with Gasteiger partial charge in [0.2, 0.25) is 10.0 Å². The van der Waals surface area contributed by atoms with Crippen LogP contribution >= 0.6 is 0 Å². The fourth-order valence-electron chi connectivity index (χ4n) is 3.01. The van der Waals surface area contributed by atoms with Gasteiger partial charge in [0.1, 0.15) is 0 Å². The summed E-state index contributed by atoms with van der Waals surface area (Å²) in [7, 11) is -7.86. The molecule has 0 rings (SSSR count). The Morgan fingerprint density at radius 3 is 1.33 bits per heavy atom. The van der Waals surface area contributed by atoms with E-state index in [1.807, 2.05) is 0 Å². The van der Waals surface area contributed by atoms with Gasteiger partial charge in [0, 0.05) is 6.54 Å². The molecule has 0 aliphatic carbocycles. The summed E-state index contributed by atoms with van der Waals surface area (Å²) in [5.41, 5.74) is 0. The van der Waals surface area contributed by atoms with Crippen LogP contribution in [0.4, 0.5) is 0 Å². The molecular weight excluding hydrogens is 386 g/mol. The Bertz CT molecular complexity index is 532. The van der Waals surface area contributed by atoms with E-state index in [-0.39, 0.29) is 0 Å². The molecule has 0 spiro atoms. The first-order chi connectivity index (χ1) is 12.8. The maximum Gasteiger partial charge on any atom is 0.265 e. The summed E-state index contributed by atoms with van der Waals surface area (Å²) in [5, 5.41) is 0. The van der Waals surface area contributed by atoms with Gasteiger partial charge < -0.3 is 0 Å². The molecule has 8 heteroatoms. The lowest BCUT2D eigenvalue weighted by Crippen LogP contribution is -2.30. The fraction of sp³-hybridized carbons (Fsp3) is 1.00.